The van der Waals surface area contributed by atoms with E-state index in [2.05, 4.69) is 9.97 Å². The highest BCUT2D eigenvalue weighted by Crippen LogP contribution is 2.22. The van der Waals surface area contributed by atoms with Crippen molar-refractivity contribution in [2.45, 2.75) is 6.92 Å². The fourth-order valence-electron chi connectivity index (χ4n) is 2.24. The zero-order valence-electron chi connectivity index (χ0n) is 11.8. The van der Waals surface area contributed by atoms with Gasteiger partial charge in [0, 0.05) is 16.2 Å². The molecular formula is C17H13ClN2O2. The first-order chi connectivity index (χ1) is 10.6. The van der Waals surface area contributed by atoms with Gasteiger partial charge in [0.15, 0.2) is 0 Å². The lowest BCUT2D eigenvalue weighted by molar-refractivity contribution is 0.513. The van der Waals surface area contributed by atoms with Gasteiger partial charge in [0.1, 0.15) is 11.5 Å². The van der Waals surface area contributed by atoms with Crippen LogP contribution in [0.3, 0.4) is 0 Å². The summed E-state index contributed by atoms with van der Waals surface area (Å²) in [5.74, 6) is 0.0342. The molecule has 22 heavy (non-hydrogen) atoms. The highest BCUT2D eigenvalue weighted by molar-refractivity contribution is 6.31. The van der Waals surface area contributed by atoms with Crippen LogP contribution in [0.15, 0.2) is 53.3 Å². The lowest BCUT2D eigenvalue weighted by Gasteiger charge is -2.07. The lowest BCUT2D eigenvalue weighted by Crippen LogP contribution is -2.14. The summed E-state index contributed by atoms with van der Waals surface area (Å²) in [6, 6.07) is 14.1. The summed E-state index contributed by atoms with van der Waals surface area (Å²) in [7, 11) is 0. The number of H-pyrrole nitrogens is 1. The Morgan fingerprint density at radius 1 is 1.18 bits per heavy atom. The zero-order chi connectivity index (χ0) is 15.7. The Bertz CT molecular complexity index is 930. The molecule has 2 aromatic carbocycles. The van der Waals surface area contributed by atoms with E-state index in [0.29, 0.717) is 27.2 Å². The zero-order valence-corrected chi connectivity index (χ0v) is 12.6. The Balaban J connectivity index is 2.19. The van der Waals surface area contributed by atoms with Crippen LogP contribution in [0.1, 0.15) is 18.2 Å². The second kappa shape index (κ2) is 5.66. The highest BCUT2D eigenvalue weighted by Gasteiger charge is 2.12. The molecule has 4 nitrogen and oxygen atoms in total. The van der Waals surface area contributed by atoms with E-state index in [1.54, 1.807) is 37.3 Å². The minimum Gasteiger partial charge on any atom is -0.507 e. The SMILES string of the molecule is CC(=C(O)c1ccccc1)c1nc2ccc(Cl)cc2[nH]c1=O. The topological polar surface area (TPSA) is 66.0 Å². The number of hydrogen-bond donors (Lipinski definition) is 2. The van der Waals surface area contributed by atoms with E-state index in [-0.39, 0.29) is 17.0 Å². The maximum absolute atomic E-state index is 12.2. The number of halogens is 1. The first kappa shape index (κ1) is 14.4. The Morgan fingerprint density at radius 2 is 1.91 bits per heavy atom. The third-order valence-corrected chi connectivity index (χ3v) is 3.65. The molecule has 0 fully saturated rings. The molecule has 110 valence electrons. The molecule has 0 saturated carbocycles. The minimum atomic E-state index is -0.366. The van der Waals surface area contributed by atoms with Crippen LogP contribution in [-0.4, -0.2) is 15.1 Å². The summed E-state index contributed by atoms with van der Waals surface area (Å²) in [5, 5.41) is 10.9. The van der Waals surface area contributed by atoms with Crippen LogP contribution in [0.4, 0.5) is 0 Å². The largest absolute Gasteiger partial charge is 0.507 e. The molecule has 0 atom stereocenters. The number of aliphatic hydroxyl groups is 1. The fourth-order valence-corrected chi connectivity index (χ4v) is 2.41. The number of fused-ring (bicyclic) bond motifs is 1. The maximum atomic E-state index is 12.2. The number of nitrogens with zero attached hydrogens (tertiary/aromatic N) is 1. The van der Waals surface area contributed by atoms with E-state index in [0.717, 1.165) is 0 Å². The minimum absolute atomic E-state index is 0.0342. The summed E-state index contributed by atoms with van der Waals surface area (Å²) >= 11 is 5.90. The lowest BCUT2D eigenvalue weighted by atomic mass is 10.1. The highest BCUT2D eigenvalue weighted by atomic mass is 35.5. The molecule has 0 spiro atoms. The van der Waals surface area contributed by atoms with E-state index < -0.39 is 0 Å². The van der Waals surface area contributed by atoms with Crippen LogP contribution in [0, 0.1) is 0 Å². The monoisotopic (exact) mass is 312 g/mol. The maximum Gasteiger partial charge on any atom is 0.274 e. The number of aromatic amines is 1. The molecular weight excluding hydrogens is 300 g/mol. The first-order valence-electron chi connectivity index (χ1n) is 6.71. The van der Waals surface area contributed by atoms with Gasteiger partial charge in [-0.05, 0) is 25.1 Å². The van der Waals surface area contributed by atoms with Gasteiger partial charge in [0.05, 0.1) is 11.0 Å². The second-order valence-electron chi connectivity index (χ2n) is 4.92. The van der Waals surface area contributed by atoms with Crippen molar-refractivity contribution >= 4 is 34.0 Å². The van der Waals surface area contributed by atoms with Crippen LogP contribution in [-0.2, 0) is 0 Å². The number of hydrogen-bond acceptors (Lipinski definition) is 3. The number of allylic oxidation sites excluding steroid dienone is 1. The van der Waals surface area contributed by atoms with Gasteiger partial charge in [-0.15, -0.1) is 0 Å². The van der Waals surface area contributed by atoms with Crippen molar-refractivity contribution in [3.05, 3.63) is 75.2 Å². The van der Waals surface area contributed by atoms with Gasteiger partial charge < -0.3 is 10.1 Å². The summed E-state index contributed by atoms with van der Waals surface area (Å²) in [5.41, 5.74) is 2.06. The van der Waals surface area contributed by atoms with E-state index >= 15 is 0 Å². The molecule has 0 unspecified atom stereocenters. The van der Waals surface area contributed by atoms with E-state index in [1.165, 1.54) is 0 Å². The fraction of sp³-hybridized carbons (Fsp3) is 0.0588. The van der Waals surface area contributed by atoms with Crippen LogP contribution in [0.25, 0.3) is 22.4 Å². The Labute approximate surface area is 131 Å². The number of aromatic nitrogens is 2. The van der Waals surface area contributed by atoms with Gasteiger partial charge >= 0.3 is 0 Å². The van der Waals surface area contributed by atoms with E-state index in [1.807, 2.05) is 18.2 Å². The van der Waals surface area contributed by atoms with Crippen LogP contribution < -0.4 is 5.56 Å². The van der Waals surface area contributed by atoms with E-state index in [4.69, 9.17) is 11.6 Å². The average molecular weight is 313 g/mol. The molecule has 1 aromatic heterocycles. The van der Waals surface area contributed by atoms with Crippen molar-refractivity contribution < 1.29 is 5.11 Å². The second-order valence-corrected chi connectivity index (χ2v) is 5.35. The molecule has 0 aliphatic carbocycles. The third-order valence-electron chi connectivity index (χ3n) is 3.41. The molecule has 0 aliphatic rings. The number of aliphatic hydroxyl groups excluding tert-OH is 1. The predicted molar refractivity (Wildman–Crippen MR) is 88.9 cm³/mol. The summed E-state index contributed by atoms with van der Waals surface area (Å²) in [6.45, 7) is 1.67. The number of nitrogens with one attached hydrogen (secondary N) is 1. The molecule has 3 aromatic rings. The summed E-state index contributed by atoms with van der Waals surface area (Å²) in [4.78, 5) is 19.3. The average Bonchev–Trinajstić information content (AvgIpc) is 2.53. The quantitative estimate of drug-likeness (QED) is 0.702. The molecule has 3 rings (SSSR count). The van der Waals surface area contributed by atoms with Gasteiger partial charge in [-0.3, -0.25) is 4.79 Å². The van der Waals surface area contributed by atoms with Gasteiger partial charge in [-0.1, -0.05) is 41.9 Å². The van der Waals surface area contributed by atoms with Gasteiger partial charge in [0.25, 0.3) is 5.56 Å². The van der Waals surface area contributed by atoms with Crippen molar-refractivity contribution in [3.63, 3.8) is 0 Å². The van der Waals surface area contributed by atoms with Crippen LogP contribution in [0.2, 0.25) is 5.02 Å². The standard InChI is InChI=1S/C17H13ClN2O2/c1-10(16(21)11-5-3-2-4-6-11)15-17(22)20-14-9-12(18)7-8-13(14)19-15/h2-9,21H,1H3,(H,20,22). The van der Waals surface area contributed by atoms with E-state index in [9.17, 15) is 9.90 Å². The molecule has 0 aliphatic heterocycles. The molecule has 2 N–H and O–H groups in total. The van der Waals surface area contributed by atoms with Crippen molar-refractivity contribution in [3.8, 4) is 0 Å². The first-order valence-corrected chi connectivity index (χ1v) is 7.09. The van der Waals surface area contributed by atoms with Crippen molar-refractivity contribution in [1.82, 2.24) is 9.97 Å². The van der Waals surface area contributed by atoms with Crippen molar-refractivity contribution in [2.75, 3.05) is 0 Å². The Morgan fingerprint density at radius 3 is 2.64 bits per heavy atom. The summed E-state index contributed by atoms with van der Waals surface area (Å²) in [6.07, 6.45) is 0. The Hall–Kier alpha value is -2.59. The number of benzene rings is 2. The predicted octanol–water partition coefficient (Wildman–Crippen LogP) is 4.02. The molecule has 1 heterocycles. The Kier molecular flexibility index (Phi) is 3.69. The molecule has 5 heteroatoms. The molecule has 0 saturated heterocycles. The molecule has 0 amide bonds. The smallest absolute Gasteiger partial charge is 0.274 e. The number of rotatable bonds is 2. The van der Waals surface area contributed by atoms with Crippen molar-refractivity contribution in [2.24, 2.45) is 0 Å². The summed E-state index contributed by atoms with van der Waals surface area (Å²) < 4.78 is 0. The van der Waals surface area contributed by atoms with Crippen LogP contribution >= 0.6 is 11.6 Å². The van der Waals surface area contributed by atoms with Crippen LogP contribution in [0.5, 0.6) is 0 Å². The van der Waals surface area contributed by atoms with Gasteiger partial charge in [-0.25, -0.2) is 4.98 Å². The van der Waals surface area contributed by atoms with Crippen molar-refractivity contribution in [1.29, 1.82) is 0 Å². The molecule has 0 radical (unpaired) electrons. The van der Waals surface area contributed by atoms with Gasteiger partial charge in [0.2, 0.25) is 0 Å². The third kappa shape index (κ3) is 2.61. The normalized spacial score (nSPS) is 12.3. The van der Waals surface area contributed by atoms with Gasteiger partial charge in [-0.2, -0.15) is 0 Å². The molecule has 0 bridgehead atoms.